The fourth-order valence-electron chi connectivity index (χ4n) is 2.85. The molecule has 1 amide bonds. The summed E-state index contributed by atoms with van der Waals surface area (Å²) in [6.07, 6.45) is 0.386. The minimum atomic E-state index is -0.0746. The van der Waals surface area contributed by atoms with Crippen LogP contribution < -0.4 is 4.90 Å². The van der Waals surface area contributed by atoms with Crippen molar-refractivity contribution in [3.63, 3.8) is 0 Å². The van der Waals surface area contributed by atoms with Crippen molar-refractivity contribution in [2.75, 3.05) is 11.4 Å². The van der Waals surface area contributed by atoms with Crippen molar-refractivity contribution >= 4 is 27.5 Å². The van der Waals surface area contributed by atoms with Crippen molar-refractivity contribution in [2.45, 2.75) is 12.3 Å². The van der Waals surface area contributed by atoms with Crippen LogP contribution in [0.2, 0.25) is 0 Å². The Hall–Kier alpha value is -2.47. The second-order valence-corrected chi connectivity index (χ2v) is 6.62. The Kier molecular flexibility index (Phi) is 3.90. The first kappa shape index (κ1) is 15.1. The third-order valence-corrected chi connectivity index (χ3v) is 4.61. The fraction of sp³-hybridized carbons (Fsp3) is 0.167. The normalized spacial score (nSPS) is 17.5. The summed E-state index contributed by atoms with van der Waals surface area (Å²) in [5.41, 5.74) is 1.79. The fourth-order valence-corrected chi connectivity index (χ4v) is 3.11. The number of amides is 1. The van der Waals surface area contributed by atoms with Crippen LogP contribution in [0.15, 0.2) is 63.6 Å². The summed E-state index contributed by atoms with van der Waals surface area (Å²) < 4.78 is 6.41. The van der Waals surface area contributed by atoms with Gasteiger partial charge in [-0.05, 0) is 36.4 Å². The Labute approximate surface area is 147 Å². The van der Waals surface area contributed by atoms with Gasteiger partial charge in [-0.3, -0.25) is 4.79 Å². The molecular weight excluding hydrogens is 370 g/mol. The van der Waals surface area contributed by atoms with Crippen LogP contribution in [0.3, 0.4) is 0 Å². The second-order valence-electron chi connectivity index (χ2n) is 5.70. The van der Waals surface area contributed by atoms with Crippen molar-refractivity contribution in [1.29, 1.82) is 0 Å². The Morgan fingerprint density at radius 2 is 1.83 bits per heavy atom. The zero-order valence-electron chi connectivity index (χ0n) is 12.7. The molecule has 24 heavy (non-hydrogen) atoms. The lowest BCUT2D eigenvalue weighted by molar-refractivity contribution is -0.117. The van der Waals surface area contributed by atoms with E-state index in [2.05, 4.69) is 26.1 Å². The van der Waals surface area contributed by atoms with Crippen molar-refractivity contribution in [3.8, 4) is 11.4 Å². The molecule has 0 radical (unpaired) electrons. The van der Waals surface area contributed by atoms with Crippen LogP contribution in [0.1, 0.15) is 18.2 Å². The third kappa shape index (κ3) is 2.85. The molecular formula is C18H14BrN3O2. The van der Waals surface area contributed by atoms with Crippen LogP contribution in [0, 0.1) is 0 Å². The summed E-state index contributed by atoms with van der Waals surface area (Å²) in [5, 5.41) is 4.05. The lowest BCUT2D eigenvalue weighted by Crippen LogP contribution is -2.24. The van der Waals surface area contributed by atoms with Crippen LogP contribution in [0.25, 0.3) is 11.4 Å². The predicted molar refractivity (Wildman–Crippen MR) is 93.6 cm³/mol. The molecule has 0 N–H and O–H groups in total. The number of aromatic nitrogens is 2. The molecule has 2 aromatic carbocycles. The maximum atomic E-state index is 12.3. The molecule has 1 atom stereocenters. The Morgan fingerprint density at radius 1 is 1.08 bits per heavy atom. The zero-order chi connectivity index (χ0) is 16.5. The second kappa shape index (κ2) is 6.20. The SMILES string of the molecule is O=C1C[C@H](c2nc(-c3ccc(Br)cc3)no2)CN1c1ccccc1. The Balaban J connectivity index is 1.55. The molecule has 0 saturated carbocycles. The van der Waals surface area contributed by atoms with Crippen molar-refractivity contribution < 1.29 is 9.32 Å². The quantitative estimate of drug-likeness (QED) is 0.685. The summed E-state index contributed by atoms with van der Waals surface area (Å²) in [5.74, 6) is 1.06. The number of hydrogen-bond donors (Lipinski definition) is 0. The number of carbonyl (C=O) groups is 1. The van der Waals surface area contributed by atoms with Gasteiger partial charge in [0, 0.05) is 28.7 Å². The average Bonchev–Trinajstić information content (AvgIpc) is 3.23. The highest BCUT2D eigenvalue weighted by molar-refractivity contribution is 9.10. The first-order valence-corrected chi connectivity index (χ1v) is 8.45. The van der Waals surface area contributed by atoms with Gasteiger partial charge in [0.15, 0.2) is 0 Å². The van der Waals surface area contributed by atoms with E-state index in [4.69, 9.17) is 4.52 Å². The smallest absolute Gasteiger partial charge is 0.232 e. The molecule has 0 unspecified atom stereocenters. The van der Waals surface area contributed by atoms with Gasteiger partial charge in [0.05, 0.1) is 5.92 Å². The van der Waals surface area contributed by atoms with Gasteiger partial charge in [0.1, 0.15) is 0 Å². The number of rotatable bonds is 3. The molecule has 1 aliphatic rings. The molecule has 6 heteroatoms. The first-order chi connectivity index (χ1) is 11.7. The predicted octanol–water partition coefficient (Wildman–Crippen LogP) is 4.02. The molecule has 5 nitrogen and oxygen atoms in total. The molecule has 0 aliphatic carbocycles. The maximum Gasteiger partial charge on any atom is 0.232 e. The average molecular weight is 384 g/mol. The molecule has 0 spiro atoms. The van der Waals surface area contributed by atoms with Gasteiger partial charge >= 0.3 is 0 Å². The minimum absolute atomic E-state index is 0.0746. The Morgan fingerprint density at radius 3 is 2.58 bits per heavy atom. The Bertz CT molecular complexity index is 861. The number of hydrogen-bond acceptors (Lipinski definition) is 4. The highest BCUT2D eigenvalue weighted by atomic mass is 79.9. The molecule has 1 aromatic heterocycles. The topological polar surface area (TPSA) is 59.2 Å². The summed E-state index contributed by atoms with van der Waals surface area (Å²) in [6, 6.07) is 17.4. The van der Waals surface area contributed by atoms with E-state index in [0.717, 1.165) is 15.7 Å². The van der Waals surface area contributed by atoms with Gasteiger partial charge < -0.3 is 9.42 Å². The van der Waals surface area contributed by atoms with E-state index >= 15 is 0 Å². The maximum absolute atomic E-state index is 12.3. The molecule has 1 aliphatic heterocycles. The van der Waals surface area contributed by atoms with Gasteiger partial charge in [0.25, 0.3) is 0 Å². The van der Waals surface area contributed by atoms with E-state index in [1.165, 1.54) is 0 Å². The molecule has 4 rings (SSSR count). The third-order valence-electron chi connectivity index (χ3n) is 4.09. The van der Waals surface area contributed by atoms with Crippen LogP contribution >= 0.6 is 15.9 Å². The van der Waals surface area contributed by atoms with E-state index in [0.29, 0.717) is 24.7 Å². The molecule has 0 bridgehead atoms. The summed E-state index contributed by atoms with van der Waals surface area (Å²) in [7, 11) is 0. The first-order valence-electron chi connectivity index (χ1n) is 7.65. The summed E-state index contributed by atoms with van der Waals surface area (Å²) in [6.45, 7) is 0.560. The standard InChI is InChI=1S/C18H14BrN3O2/c19-14-8-6-12(7-9-14)17-20-18(24-21-17)13-10-16(23)22(11-13)15-4-2-1-3-5-15/h1-9,13H,10-11H2/t13-/m0/s1. The van der Waals surface area contributed by atoms with E-state index in [-0.39, 0.29) is 11.8 Å². The van der Waals surface area contributed by atoms with Crippen LogP contribution in [0.4, 0.5) is 5.69 Å². The summed E-state index contributed by atoms with van der Waals surface area (Å²) in [4.78, 5) is 18.6. The van der Waals surface area contributed by atoms with Crippen molar-refractivity contribution in [3.05, 3.63) is 65.0 Å². The number of para-hydroxylation sites is 1. The van der Waals surface area contributed by atoms with Gasteiger partial charge in [-0.2, -0.15) is 4.98 Å². The van der Waals surface area contributed by atoms with Gasteiger partial charge in [-0.25, -0.2) is 0 Å². The monoisotopic (exact) mass is 383 g/mol. The lowest BCUT2D eigenvalue weighted by Gasteiger charge is -2.15. The van der Waals surface area contributed by atoms with Gasteiger partial charge in [-0.15, -0.1) is 0 Å². The van der Waals surface area contributed by atoms with Crippen molar-refractivity contribution in [1.82, 2.24) is 10.1 Å². The van der Waals surface area contributed by atoms with Crippen LogP contribution in [-0.2, 0) is 4.79 Å². The van der Waals surface area contributed by atoms with Crippen LogP contribution in [0.5, 0.6) is 0 Å². The van der Waals surface area contributed by atoms with E-state index in [9.17, 15) is 4.79 Å². The molecule has 1 saturated heterocycles. The molecule has 120 valence electrons. The number of benzene rings is 2. The number of carbonyl (C=O) groups excluding carboxylic acids is 1. The molecule has 1 fully saturated rings. The van der Waals surface area contributed by atoms with Gasteiger partial charge in [0.2, 0.25) is 17.6 Å². The van der Waals surface area contributed by atoms with Crippen LogP contribution in [-0.4, -0.2) is 22.6 Å². The summed E-state index contributed by atoms with van der Waals surface area (Å²) >= 11 is 3.41. The van der Waals surface area contributed by atoms with Gasteiger partial charge in [-0.1, -0.05) is 39.3 Å². The lowest BCUT2D eigenvalue weighted by atomic mass is 10.1. The largest absolute Gasteiger partial charge is 0.339 e. The number of nitrogens with zero attached hydrogens (tertiary/aromatic N) is 3. The number of anilines is 1. The highest BCUT2D eigenvalue weighted by Crippen LogP contribution is 2.31. The number of halogens is 1. The zero-order valence-corrected chi connectivity index (χ0v) is 14.3. The van der Waals surface area contributed by atoms with E-state index < -0.39 is 0 Å². The van der Waals surface area contributed by atoms with E-state index in [1.54, 1.807) is 4.90 Å². The van der Waals surface area contributed by atoms with Crippen molar-refractivity contribution in [2.24, 2.45) is 0 Å². The minimum Gasteiger partial charge on any atom is -0.339 e. The highest BCUT2D eigenvalue weighted by Gasteiger charge is 2.35. The molecule has 3 aromatic rings. The molecule has 2 heterocycles. The van der Waals surface area contributed by atoms with E-state index in [1.807, 2.05) is 54.6 Å².